The first-order valence-electron chi connectivity index (χ1n) is 8.36. The molecule has 0 bridgehead atoms. The highest BCUT2D eigenvalue weighted by molar-refractivity contribution is 7.09. The first-order valence-corrected chi connectivity index (χ1v) is 9.24. The van der Waals surface area contributed by atoms with Crippen molar-refractivity contribution in [2.45, 2.75) is 13.0 Å². The second-order valence-electron chi connectivity index (χ2n) is 5.66. The normalized spacial score (nSPS) is 11.2. The fourth-order valence-electron chi connectivity index (χ4n) is 2.64. The molecule has 1 aromatic heterocycles. The molecule has 0 unspecified atom stereocenters. The van der Waals surface area contributed by atoms with Crippen LogP contribution in [0.1, 0.15) is 10.4 Å². The molecule has 1 N–H and O–H groups in total. The van der Waals surface area contributed by atoms with Gasteiger partial charge in [-0.1, -0.05) is 6.07 Å². The van der Waals surface area contributed by atoms with Crippen molar-refractivity contribution in [2.24, 2.45) is 4.99 Å². The Morgan fingerprint density at radius 3 is 2.35 bits per heavy atom. The van der Waals surface area contributed by atoms with Gasteiger partial charge in [0.1, 0.15) is 17.2 Å². The molecule has 6 nitrogen and oxygen atoms in total. The summed E-state index contributed by atoms with van der Waals surface area (Å²) in [5, 5.41) is 5.48. The molecular weight excluding hydrogens is 350 g/mol. The molecule has 142 valence electrons. The van der Waals surface area contributed by atoms with E-state index in [2.05, 4.69) is 32.7 Å². The summed E-state index contributed by atoms with van der Waals surface area (Å²) in [5.41, 5.74) is 0.920. The van der Waals surface area contributed by atoms with Crippen molar-refractivity contribution in [3.05, 3.63) is 40.1 Å². The Hall–Kier alpha value is -2.41. The molecule has 1 heterocycles. The topological polar surface area (TPSA) is 55.3 Å². The van der Waals surface area contributed by atoms with E-state index < -0.39 is 0 Å². The zero-order chi connectivity index (χ0) is 18.9. The number of nitrogens with one attached hydrogen (secondary N) is 1. The van der Waals surface area contributed by atoms with Gasteiger partial charge < -0.3 is 24.4 Å². The van der Waals surface area contributed by atoms with E-state index in [-0.39, 0.29) is 0 Å². The lowest BCUT2D eigenvalue weighted by Crippen LogP contribution is -2.39. The number of hydrogen-bond acceptors (Lipinski definition) is 5. The van der Waals surface area contributed by atoms with Gasteiger partial charge in [-0.3, -0.25) is 4.99 Å². The SMILES string of the molecule is CN=C(NCc1c(OC)cc(OC)cc1OC)N(C)CCc1cccs1. The molecule has 0 atom stereocenters. The Morgan fingerprint density at radius 2 is 1.85 bits per heavy atom. The Morgan fingerprint density at radius 1 is 1.15 bits per heavy atom. The van der Waals surface area contributed by atoms with Crippen molar-refractivity contribution < 1.29 is 14.2 Å². The van der Waals surface area contributed by atoms with E-state index in [4.69, 9.17) is 14.2 Å². The Kier molecular flexibility index (Phi) is 7.59. The van der Waals surface area contributed by atoms with Crippen LogP contribution in [0.2, 0.25) is 0 Å². The van der Waals surface area contributed by atoms with Crippen LogP contribution in [0, 0.1) is 0 Å². The Labute approximate surface area is 159 Å². The molecule has 7 heteroatoms. The predicted molar refractivity (Wildman–Crippen MR) is 107 cm³/mol. The molecule has 26 heavy (non-hydrogen) atoms. The third kappa shape index (κ3) is 5.05. The van der Waals surface area contributed by atoms with E-state index in [9.17, 15) is 0 Å². The number of rotatable bonds is 8. The van der Waals surface area contributed by atoms with E-state index >= 15 is 0 Å². The second kappa shape index (κ2) is 9.91. The van der Waals surface area contributed by atoms with Gasteiger partial charge in [0.15, 0.2) is 5.96 Å². The minimum absolute atomic E-state index is 0.534. The summed E-state index contributed by atoms with van der Waals surface area (Å²) >= 11 is 1.78. The number of thiophene rings is 1. The first-order chi connectivity index (χ1) is 12.6. The van der Waals surface area contributed by atoms with Crippen molar-refractivity contribution in [3.8, 4) is 17.2 Å². The summed E-state index contributed by atoms with van der Waals surface area (Å²) < 4.78 is 16.3. The van der Waals surface area contributed by atoms with Crippen LogP contribution in [0.3, 0.4) is 0 Å². The maximum absolute atomic E-state index is 5.50. The lowest BCUT2D eigenvalue weighted by atomic mass is 10.1. The molecule has 0 amide bonds. The quantitative estimate of drug-likeness (QED) is 0.566. The molecule has 0 aliphatic heterocycles. The van der Waals surface area contributed by atoms with Crippen molar-refractivity contribution in [1.29, 1.82) is 0 Å². The van der Waals surface area contributed by atoms with Gasteiger partial charge >= 0.3 is 0 Å². The van der Waals surface area contributed by atoms with E-state index in [0.717, 1.165) is 24.5 Å². The largest absolute Gasteiger partial charge is 0.496 e. The lowest BCUT2D eigenvalue weighted by molar-refractivity contribution is 0.367. The van der Waals surface area contributed by atoms with Gasteiger partial charge in [-0.25, -0.2) is 0 Å². The molecule has 0 saturated carbocycles. The number of methoxy groups -OCH3 is 3. The van der Waals surface area contributed by atoms with Crippen LogP contribution in [0.25, 0.3) is 0 Å². The third-order valence-corrected chi connectivity index (χ3v) is 5.02. The number of guanidine groups is 1. The van der Waals surface area contributed by atoms with Crippen molar-refractivity contribution >= 4 is 17.3 Å². The number of ether oxygens (including phenoxy) is 3. The monoisotopic (exact) mass is 377 g/mol. The highest BCUT2D eigenvalue weighted by Crippen LogP contribution is 2.33. The van der Waals surface area contributed by atoms with Gasteiger partial charge in [0.05, 0.1) is 33.4 Å². The fraction of sp³-hybridized carbons (Fsp3) is 0.421. The average Bonchev–Trinajstić information content (AvgIpc) is 3.19. The molecule has 0 aliphatic carbocycles. The molecule has 0 spiro atoms. The van der Waals surface area contributed by atoms with Crippen LogP contribution >= 0.6 is 11.3 Å². The van der Waals surface area contributed by atoms with Crippen molar-refractivity contribution in [3.63, 3.8) is 0 Å². The third-order valence-electron chi connectivity index (χ3n) is 4.09. The van der Waals surface area contributed by atoms with Gasteiger partial charge in [-0.2, -0.15) is 0 Å². The van der Waals surface area contributed by atoms with Crippen LogP contribution in [-0.2, 0) is 13.0 Å². The fourth-order valence-corrected chi connectivity index (χ4v) is 3.34. The van der Waals surface area contributed by atoms with Crippen LogP contribution in [0.4, 0.5) is 0 Å². The molecule has 0 fully saturated rings. The van der Waals surface area contributed by atoms with Crippen LogP contribution < -0.4 is 19.5 Å². The van der Waals surface area contributed by atoms with Gasteiger partial charge in [-0.15, -0.1) is 11.3 Å². The van der Waals surface area contributed by atoms with E-state index in [1.807, 2.05) is 19.2 Å². The van der Waals surface area contributed by atoms with E-state index in [1.54, 1.807) is 39.7 Å². The molecule has 0 aliphatic rings. The molecular formula is C19H27N3O3S. The minimum atomic E-state index is 0.534. The highest BCUT2D eigenvalue weighted by Gasteiger charge is 2.15. The highest BCUT2D eigenvalue weighted by atomic mass is 32.1. The first kappa shape index (κ1) is 19.9. The van der Waals surface area contributed by atoms with Gasteiger partial charge in [0, 0.05) is 37.6 Å². The molecule has 2 aromatic rings. The smallest absolute Gasteiger partial charge is 0.193 e. The second-order valence-corrected chi connectivity index (χ2v) is 6.69. The van der Waals surface area contributed by atoms with Gasteiger partial charge in [-0.05, 0) is 17.9 Å². The number of benzene rings is 1. The van der Waals surface area contributed by atoms with Crippen molar-refractivity contribution in [1.82, 2.24) is 10.2 Å². The van der Waals surface area contributed by atoms with Crippen LogP contribution in [0.5, 0.6) is 17.2 Å². The number of likely N-dealkylation sites (N-methyl/N-ethyl adjacent to an activating group) is 1. The number of aliphatic imine (C=N–C) groups is 1. The van der Waals surface area contributed by atoms with Gasteiger partial charge in [0.25, 0.3) is 0 Å². The Balaban J connectivity index is 2.05. The minimum Gasteiger partial charge on any atom is -0.496 e. The van der Waals surface area contributed by atoms with Crippen molar-refractivity contribution in [2.75, 3.05) is 42.0 Å². The Bertz CT molecular complexity index is 692. The zero-order valence-electron chi connectivity index (χ0n) is 16.0. The summed E-state index contributed by atoms with van der Waals surface area (Å²) in [4.78, 5) is 7.86. The maximum atomic E-state index is 5.50. The summed E-state index contributed by atoms with van der Waals surface area (Å²) in [7, 11) is 8.72. The van der Waals surface area contributed by atoms with Crippen LogP contribution in [0.15, 0.2) is 34.6 Å². The number of hydrogen-bond donors (Lipinski definition) is 1. The molecule has 0 saturated heterocycles. The molecule has 2 rings (SSSR count). The summed E-state index contributed by atoms with van der Waals surface area (Å²) in [6.07, 6.45) is 0.990. The standard InChI is InChI=1S/C19H27N3O3S/c1-20-19(22(2)9-8-15-7-6-10-26-15)21-13-16-17(24-4)11-14(23-3)12-18(16)25-5/h6-7,10-12H,8-9,13H2,1-5H3,(H,20,21). The summed E-state index contributed by atoms with van der Waals surface area (Å²) in [6, 6.07) is 7.93. The average molecular weight is 378 g/mol. The molecule has 0 radical (unpaired) electrons. The van der Waals surface area contributed by atoms with E-state index in [1.165, 1.54) is 4.88 Å². The predicted octanol–water partition coefficient (Wildman–Crippen LogP) is 3.02. The van der Waals surface area contributed by atoms with E-state index in [0.29, 0.717) is 23.8 Å². The molecule has 1 aromatic carbocycles. The maximum Gasteiger partial charge on any atom is 0.193 e. The number of nitrogens with zero attached hydrogens (tertiary/aromatic N) is 2. The zero-order valence-corrected chi connectivity index (χ0v) is 16.9. The van der Waals surface area contributed by atoms with Gasteiger partial charge in [0.2, 0.25) is 0 Å². The summed E-state index contributed by atoms with van der Waals surface area (Å²) in [5.74, 6) is 2.94. The lowest BCUT2D eigenvalue weighted by Gasteiger charge is -2.23. The van der Waals surface area contributed by atoms with Crippen LogP contribution in [-0.4, -0.2) is 52.8 Å². The summed E-state index contributed by atoms with van der Waals surface area (Å²) in [6.45, 7) is 1.42.